The lowest BCUT2D eigenvalue weighted by atomic mass is 9.98. The zero-order chi connectivity index (χ0) is 15.9. The molecule has 0 unspecified atom stereocenters. The average molecular weight is 303 g/mol. The van der Waals surface area contributed by atoms with Crippen molar-refractivity contribution in [3.05, 3.63) is 41.4 Å². The summed E-state index contributed by atoms with van der Waals surface area (Å²) in [6, 6.07) is 6.40. The van der Waals surface area contributed by atoms with E-state index >= 15 is 0 Å². The molecule has 1 aromatic heterocycles. The van der Waals surface area contributed by atoms with E-state index in [0.29, 0.717) is 36.5 Å². The highest BCUT2D eigenvalue weighted by atomic mass is 19.1. The van der Waals surface area contributed by atoms with Gasteiger partial charge in [-0.05, 0) is 26.0 Å². The van der Waals surface area contributed by atoms with Crippen molar-refractivity contribution in [1.29, 1.82) is 0 Å². The van der Waals surface area contributed by atoms with E-state index < -0.39 is 5.54 Å². The van der Waals surface area contributed by atoms with Gasteiger partial charge in [0.05, 0.1) is 12.1 Å². The molecule has 0 aliphatic carbocycles. The normalized spacial score (nSPS) is 14.8. The van der Waals surface area contributed by atoms with Gasteiger partial charge in [-0.3, -0.25) is 4.79 Å². The smallest absolute Gasteiger partial charge is 0.242 e. The van der Waals surface area contributed by atoms with E-state index in [4.69, 9.17) is 10.3 Å². The summed E-state index contributed by atoms with van der Waals surface area (Å²) < 4.78 is 19.3. The molecular formula is C16H18FN3O2. The van der Waals surface area contributed by atoms with E-state index in [1.807, 2.05) is 0 Å². The third kappa shape index (κ3) is 2.50. The van der Waals surface area contributed by atoms with Gasteiger partial charge in [0.2, 0.25) is 5.91 Å². The lowest BCUT2D eigenvalue weighted by Gasteiger charge is -2.31. The van der Waals surface area contributed by atoms with Crippen molar-refractivity contribution in [2.45, 2.75) is 32.4 Å². The molecule has 5 nitrogen and oxygen atoms in total. The van der Waals surface area contributed by atoms with Crippen molar-refractivity contribution < 1.29 is 13.7 Å². The van der Waals surface area contributed by atoms with E-state index in [0.717, 1.165) is 5.56 Å². The monoisotopic (exact) mass is 303 g/mol. The highest BCUT2D eigenvalue weighted by molar-refractivity contribution is 5.85. The van der Waals surface area contributed by atoms with Crippen LogP contribution in [0.1, 0.15) is 25.2 Å². The number of carbonyl (C=O) groups is 1. The fourth-order valence-corrected chi connectivity index (χ4v) is 2.65. The predicted molar refractivity (Wildman–Crippen MR) is 79.3 cm³/mol. The topological polar surface area (TPSA) is 72.4 Å². The van der Waals surface area contributed by atoms with E-state index in [-0.39, 0.29) is 11.7 Å². The Morgan fingerprint density at radius 1 is 1.41 bits per heavy atom. The van der Waals surface area contributed by atoms with Crippen molar-refractivity contribution in [2.75, 3.05) is 6.54 Å². The van der Waals surface area contributed by atoms with Gasteiger partial charge in [-0.2, -0.15) is 0 Å². The lowest BCUT2D eigenvalue weighted by molar-refractivity contribution is -0.136. The number of nitrogens with zero attached hydrogens (tertiary/aromatic N) is 2. The second-order valence-corrected chi connectivity index (χ2v) is 6.11. The largest absolute Gasteiger partial charge is 0.360 e. The number of benzene rings is 1. The van der Waals surface area contributed by atoms with Gasteiger partial charge < -0.3 is 15.2 Å². The second-order valence-electron chi connectivity index (χ2n) is 6.11. The molecule has 2 heterocycles. The van der Waals surface area contributed by atoms with Crippen LogP contribution >= 0.6 is 0 Å². The van der Waals surface area contributed by atoms with Gasteiger partial charge in [0.15, 0.2) is 0 Å². The van der Waals surface area contributed by atoms with Crippen LogP contribution in [0.15, 0.2) is 28.8 Å². The molecule has 2 aromatic rings. The summed E-state index contributed by atoms with van der Waals surface area (Å²) in [6.45, 7) is 4.22. The van der Waals surface area contributed by atoms with Crippen LogP contribution in [0.5, 0.6) is 0 Å². The zero-order valence-corrected chi connectivity index (χ0v) is 12.6. The van der Waals surface area contributed by atoms with Crippen LogP contribution in [0.3, 0.4) is 0 Å². The van der Waals surface area contributed by atoms with Crippen LogP contribution in [0.4, 0.5) is 4.39 Å². The maximum Gasteiger partial charge on any atom is 0.242 e. The fraction of sp³-hybridized carbons (Fsp3) is 0.375. The summed E-state index contributed by atoms with van der Waals surface area (Å²) in [5.74, 6) is 0.206. The number of aromatic nitrogens is 1. The number of rotatable bonds is 2. The lowest BCUT2D eigenvalue weighted by Crippen LogP contribution is -2.52. The van der Waals surface area contributed by atoms with Crippen molar-refractivity contribution >= 4 is 5.91 Å². The Labute approximate surface area is 127 Å². The van der Waals surface area contributed by atoms with E-state index in [2.05, 4.69) is 5.16 Å². The Kier molecular flexibility index (Phi) is 3.48. The van der Waals surface area contributed by atoms with E-state index in [1.165, 1.54) is 6.07 Å². The molecule has 3 rings (SSSR count). The van der Waals surface area contributed by atoms with Crippen LogP contribution in [-0.4, -0.2) is 28.0 Å². The molecule has 1 aromatic carbocycles. The van der Waals surface area contributed by atoms with Crippen LogP contribution in [-0.2, 0) is 17.8 Å². The summed E-state index contributed by atoms with van der Waals surface area (Å²) in [6.07, 6.45) is 0.554. The number of hydrogen-bond donors (Lipinski definition) is 1. The van der Waals surface area contributed by atoms with Gasteiger partial charge in [0.25, 0.3) is 0 Å². The predicted octanol–water partition coefficient (Wildman–Crippen LogP) is 2.10. The molecule has 2 N–H and O–H groups in total. The second kappa shape index (κ2) is 5.21. The summed E-state index contributed by atoms with van der Waals surface area (Å²) >= 11 is 0. The average Bonchev–Trinajstić information content (AvgIpc) is 2.89. The number of nitrogens with two attached hydrogens (primary N) is 1. The number of fused-ring (bicyclic) bond motifs is 1. The minimum atomic E-state index is -0.938. The van der Waals surface area contributed by atoms with Gasteiger partial charge in [-0.1, -0.05) is 17.3 Å². The molecule has 6 heteroatoms. The summed E-state index contributed by atoms with van der Waals surface area (Å²) in [5.41, 5.74) is 6.55. The molecule has 0 spiro atoms. The Balaban J connectivity index is 1.96. The molecule has 0 saturated carbocycles. The Hall–Kier alpha value is -2.21. The van der Waals surface area contributed by atoms with E-state index in [9.17, 15) is 9.18 Å². The minimum Gasteiger partial charge on any atom is -0.360 e. The quantitative estimate of drug-likeness (QED) is 0.922. The van der Waals surface area contributed by atoms with Crippen molar-refractivity contribution in [1.82, 2.24) is 10.1 Å². The number of halogens is 1. The summed E-state index contributed by atoms with van der Waals surface area (Å²) in [4.78, 5) is 14.0. The van der Waals surface area contributed by atoms with Crippen LogP contribution in [0.2, 0.25) is 0 Å². The van der Waals surface area contributed by atoms with Crippen molar-refractivity contribution in [2.24, 2.45) is 5.73 Å². The third-order valence-electron chi connectivity index (χ3n) is 3.79. The molecule has 0 saturated heterocycles. The number of amides is 1. The van der Waals surface area contributed by atoms with Crippen LogP contribution in [0.25, 0.3) is 11.3 Å². The first-order valence-corrected chi connectivity index (χ1v) is 7.18. The Morgan fingerprint density at radius 3 is 2.82 bits per heavy atom. The molecular weight excluding hydrogens is 285 g/mol. The molecule has 0 radical (unpaired) electrons. The molecule has 1 aliphatic heterocycles. The van der Waals surface area contributed by atoms with Crippen molar-refractivity contribution in [3.63, 3.8) is 0 Å². The SMILES string of the molecule is CC(C)(N)C(=O)N1CCc2onc(-c3ccccc3F)c2C1. The first-order chi connectivity index (χ1) is 10.4. The molecule has 0 fully saturated rings. The molecule has 0 bridgehead atoms. The standard InChI is InChI=1S/C16H18FN3O2/c1-16(2,18)15(21)20-8-7-13-11(9-20)14(19-22-13)10-5-3-4-6-12(10)17/h3-6H,7-9,18H2,1-2H3. The molecule has 22 heavy (non-hydrogen) atoms. The maximum absolute atomic E-state index is 14.0. The Morgan fingerprint density at radius 2 is 2.14 bits per heavy atom. The molecule has 116 valence electrons. The maximum atomic E-state index is 14.0. The zero-order valence-electron chi connectivity index (χ0n) is 12.6. The van der Waals surface area contributed by atoms with Crippen molar-refractivity contribution in [3.8, 4) is 11.3 Å². The van der Waals surface area contributed by atoms with Gasteiger partial charge in [-0.15, -0.1) is 0 Å². The highest BCUT2D eigenvalue weighted by Gasteiger charge is 2.33. The van der Waals surface area contributed by atoms with Gasteiger partial charge in [-0.25, -0.2) is 4.39 Å². The third-order valence-corrected chi connectivity index (χ3v) is 3.79. The minimum absolute atomic E-state index is 0.140. The van der Waals surface area contributed by atoms with Gasteiger partial charge in [0.1, 0.15) is 17.3 Å². The summed E-state index contributed by atoms with van der Waals surface area (Å²) in [5, 5.41) is 4.00. The number of hydrogen-bond acceptors (Lipinski definition) is 4. The van der Waals surface area contributed by atoms with Gasteiger partial charge in [0, 0.05) is 24.1 Å². The fourth-order valence-electron chi connectivity index (χ4n) is 2.65. The molecule has 1 amide bonds. The molecule has 1 aliphatic rings. The first-order valence-electron chi connectivity index (χ1n) is 7.18. The van der Waals surface area contributed by atoms with Crippen LogP contribution < -0.4 is 5.73 Å². The Bertz CT molecular complexity index is 718. The van der Waals surface area contributed by atoms with E-state index in [1.54, 1.807) is 36.9 Å². The first kappa shape index (κ1) is 14.7. The van der Waals surface area contributed by atoms with Gasteiger partial charge >= 0.3 is 0 Å². The molecule has 0 atom stereocenters. The highest BCUT2D eigenvalue weighted by Crippen LogP contribution is 2.31. The summed E-state index contributed by atoms with van der Waals surface area (Å²) in [7, 11) is 0. The van der Waals surface area contributed by atoms with Crippen LogP contribution in [0, 0.1) is 5.82 Å². The number of carbonyl (C=O) groups excluding carboxylic acids is 1.